The molecule has 2 rings (SSSR count). The lowest BCUT2D eigenvalue weighted by molar-refractivity contribution is -0.385. The Labute approximate surface area is 145 Å². The zero-order valence-corrected chi connectivity index (χ0v) is 14.3. The van der Waals surface area contributed by atoms with Crippen molar-refractivity contribution in [2.24, 2.45) is 5.10 Å². The SMILES string of the molecule is Cc1cccc(C)c1N[C@H](C)C(=O)N/N=C\c1ccccc1[N+](=O)[O-]. The van der Waals surface area contributed by atoms with Crippen LogP contribution in [0.4, 0.5) is 11.4 Å². The number of benzene rings is 2. The predicted molar refractivity (Wildman–Crippen MR) is 97.8 cm³/mol. The van der Waals surface area contributed by atoms with Gasteiger partial charge in [-0.25, -0.2) is 5.43 Å². The van der Waals surface area contributed by atoms with Crippen molar-refractivity contribution in [1.29, 1.82) is 0 Å². The average Bonchev–Trinajstić information content (AvgIpc) is 2.58. The summed E-state index contributed by atoms with van der Waals surface area (Å²) < 4.78 is 0. The molecule has 0 aromatic heterocycles. The zero-order chi connectivity index (χ0) is 18.4. The third-order valence-electron chi connectivity index (χ3n) is 3.75. The molecule has 0 aliphatic rings. The van der Waals surface area contributed by atoms with Gasteiger partial charge in [-0.2, -0.15) is 5.10 Å². The van der Waals surface area contributed by atoms with Crippen LogP contribution in [0.5, 0.6) is 0 Å². The summed E-state index contributed by atoms with van der Waals surface area (Å²) in [5.74, 6) is -0.336. The fraction of sp³-hybridized carbons (Fsp3) is 0.222. The van der Waals surface area contributed by atoms with Crippen LogP contribution in [0.3, 0.4) is 0 Å². The molecular weight excluding hydrogens is 320 g/mol. The highest BCUT2D eigenvalue weighted by Crippen LogP contribution is 2.20. The van der Waals surface area contributed by atoms with E-state index in [-0.39, 0.29) is 11.6 Å². The molecule has 0 radical (unpaired) electrons. The smallest absolute Gasteiger partial charge is 0.278 e. The molecule has 2 N–H and O–H groups in total. The van der Waals surface area contributed by atoms with Crippen molar-refractivity contribution in [1.82, 2.24) is 5.43 Å². The Morgan fingerprint density at radius 2 is 1.80 bits per heavy atom. The first-order valence-electron chi connectivity index (χ1n) is 7.79. The second kappa shape index (κ2) is 8.05. The van der Waals surface area contributed by atoms with Gasteiger partial charge < -0.3 is 5.32 Å². The van der Waals surface area contributed by atoms with E-state index in [2.05, 4.69) is 15.8 Å². The maximum atomic E-state index is 12.2. The van der Waals surface area contributed by atoms with Gasteiger partial charge in [0.25, 0.3) is 11.6 Å². The highest BCUT2D eigenvalue weighted by atomic mass is 16.6. The van der Waals surface area contributed by atoms with E-state index >= 15 is 0 Å². The molecule has 1 atom stereocenters. The number of hydrogen-bond acceptors (Lipinski definition) is 5. The van der Waals surface area contributed by atoms with Crippen molar-refractivity contribution >= 4 is 23.5 Å². The van der Waals surface area contributed by atoms with Crippen molar-refractivity contribution in [2.75, 3.05) is 5.32 Å². The fourth-order valence-electron chi connectivity index (χ4n) is 2.35. The van der Waals surface area contributed by atoms with Crippen molar-refractivity contribution in [3.8, 4) is 0 Å². The number of nitro groups is 1. The molecule has 2 aromatic carbocycles. The summed E-state index contributed by atoms with van der Waals surface area (Å²) in [6, 6.07) is 11.6. The van der Waals surface area contributed by atoms with Gasteiger partial charge in [-0.15, -0.1) is 0 Å². The first-order valence-corrected chi connectivity index (χ1v) is 7.79. The van der Waals surface area contributed by atoms with Gasteiger partial charge in [-0.1, -0.05) is 30.3 Å². The molecule has 0 unspecified atom stereocenters. The Morgan fingerprint density at radius 3 is 2.44 bits per heavy atom. The highest BCUT2D eigenvalue weighted by molar-refractivity contribution is 5.88. The number of aryl methyl sites for hydroxylation is 2. The van der Waals surface area contributed by atoms with Crippen molar-refractivity contribution < 1.29 is 9.72 Å². The van der Waals surface area contributed by atoms with Crippen LogP contribution in [-0.4, -0.2) is 23.1 Å². The maximum absolute atomic E-state index is 12.2. The molecule has 0 fully saturated rings. The van der Waals surface area contributed by atoms with Gasteiger partial charge in [0.1, 0.15) is 6.04 Å². The molecule has 0 aliphatic heterocycles. The van der Waals surface area contributed by atoms with Gasteiger partial charge in [0, 0.05) is 11.8 Å². The van der Waals surface area contributed by atoms with Gasteiger partial charge >= 0.3 is 0 Å². The normalized spacial score (nSPS) is 12.0. The van der Waals surface area contributed by atoms with E-state index in [0.717, 1.165) is 16.8 Å². The van der Waals surface area contributed by atoms with Crippen molar-refractivity contribution in [2.45, 2.75) is 26.8 Å². The Morgan fingerprint density at radius 1 is 1.16 bits per heavy atom. The fourth-order valence-corrected chi connectivity index (χ4v) is 2.35. The average molecular weight is 340 g/mol. The molecule has 25 heavy (non-hydrogen) atoms. The molecule has 0 saturated carbocycles. The largest absolute Gasteiger partial charge is 0.373 e. The van der Waals surface area contributed by atoms with E-state index in [1.807, 2.05) is 32.0 Å². The number of nitrogens with one attached hydrogen (secondary N) is 2. The monoisotopic (exact) mass is 340 g/mol. The van der Waals surface area contributed by atoms with Crippen LogP contribution >= 0.6 is 0 Å². The van der Waals surface area contributed by atoms with Crippen molar-refractivity contribution in [3.05, 3.63) is 69.3 Å². The number of carbonyl (C=O) groups excluding carboxylic acids is 1. The van der Waals surface area contributed by atoms with Gasteiger partial charge in [-0.05, 0) is 38.0 Å². The lowest BCUT2D eigenvalue weighted by Gasteiger charge is -2.17. The molecule has 7 heteroatoms. The minimum atomic E-state index is -0.511. The Balaban J connectivity index is 2.02. The quantitative estimate of drug-likeness (QED) is 0.479. The van der Waals surface area contributed by atoms with Crippen LogP contribution in [0, 0.1) is 24.0 Å². The van der Waals surface area contributed by atoms with E-state index in [1.165, 1.54) is 12.3 Å². The number of nitrogens with zero attached hydrogens (tertiary/aromatic N) is 2. The summed E-state index contributed by atoms with van der Waals surface area (Å²) in [7, 11) is 0. The summed E-state index contributed by atoms with van der Waals surface area (Å²) in [5, 5.41) is 17.9. The molecule has 0 heterocycles. The first-order chi connectivity index (χ1) is 11.9. The molecule has 7 nitrogen and oxygen atoms in total. The summed E-state index contributed by atoms with van der Waals surface area (Å²) >= 11 is 0. The second-order valence-corrected chi connectivity index (χ2v) is 5.68. The standard InChI is InChI=1S/C18H20N4O3/c1-12-7-6-8-13(2)17(12)20-14(3)18(23)21-19-11-15-9-4-5-10-16(15)22(24)25/h4-11,14,20H,1-3H3,(H,21,23)/b19-11-/t14-/m1/s1. The van der Waals surface area contributed by atoms with E-state index in [1.54, 1.807) is 25.1 Å². The molecule has 1 amide bonds. The number of nitro benzene ring substituents is 1. The predicted octanol–water partition coefficient (Wildman–Crippen LogP) is 3.16. The summed E-state index contributed by atoms with van der Waals surface area (Å²) in [6.07, 6.45) is 1.27. The van der Waals surface area contributed by atoms with E-state index < -0.39 is 11.0 Å². The first kappa shape index (κ1) is 18.1. The number of hydrazone groups is 1. The lowest BCUT2D eigenvalue weighted by Crippen LogP contribution is -2.35. The van der Waals surface area contributed by atoms with Gasteiger partial charge in [-0.3, -0.25) is 14.9 Å². The number of hydrogen-bond donors (Lipinski definition) is 2. The molecule has 0 aliphatic carbocycles. The Kier molecular flexibility index (Phi) is 5.84. The molecule has 2 aromatic rings. The van der Waals surface area contributed by atoms with Crippen LogP contribution in [0.2, 0.25) is 0 Å². The number of para-hydroxylation sites is 2. The van der Waals surface area contributed by atoms with E-state index in [4.69, 9.17) is 0 Å². The molecule has 0 spiro atoms. The number of amides is 1. The van der Waals surface area contributed by atoms with Crippen molar-refractivity contribution in [3.63, 3.8) is 0 Å². The molecule has 0 bridgehead atoms. The second-order valence-electron chi connectivity index (χ2n) is 5.68. The highest BCUT2D eigenvalue weighted by Gasteiger charge is 2.14. The van der Waals surface area contributed by atoms with Crippen LogP contribution in [-0.2, 0) is 4.79 Å². The third-order valence-corrected chi connectivity index (χ3v) is 3.75. The van der Waals surface area contributed by atoms with E-state index in [9.17, 15) is 14.9 Å². The number of rotatable bonds is 6. The number of anilines is 1. The summed E-state index contributed by atoms with van der Waals surface area (Å²) in [4.78, 5) is 22.6. The maximum Gasteiger partial charge on any atom is 0.278 e. The Bertz CT molecular complexity index is 797. The molecule has 130 valence electrons. The van der Waals surface area contributed by atoms with Gasteiger partial charge in [0.05, 0.1) is 16.7 Å². The summed E-state index contributed by atoms with van der Waals surface area (Å²) in [5.41, 5.74) is 5.66. The zero-order valence-electron chi connectivity index (χ0n) is 14.3. The lowest BCUT2D eigenvalue weighted by atomic mass is 10.1. The van der Waals surface area contributed by atoms with Gasteiger partial charge in [0.15, 0.2) is 0 Å². The van der Waals surface area contributed by atoms with Crippen LogP contribution in [0.15, 0.2) is 47.6 Å². The minimum absolute atomic E-state index is 0.0674. The Hall–Kier alpha value is -3.22. The van der Waals surface area contributed by atoms with Crippen LogP contribution in [0.1, 0.15) is 23.6 Å². The van der Waals surface area contributed by atoms with E-state index in [0.29, 0.717) is 5.56 Å². The topological polar surface area (TPSA) is 96.6 Å². The van der Waals surface area contributed by atoms with Gasteiger partial charge in [0.2, 0.25) is 0 Å². The molecular formula is C18H20N4O3. The minimum Gasteiger partial charge on any atom is -0.373 e. The third kappa shape index (κ3) is 4.63. The molecule has 0 saturated heterocycles. The van der Waals surface area contributed by atoms with Crippen LogP contribution in [0.25, 0.3) is 0 Å². The van der Waals surface area contributed by atoms with Crippen LogP contribution < -0.4 is 10.7 Å². The summed E-state index contributed by atoms with van der Waals surface area (Å²) in [6.45, 7) is 5.65. The number of carbonyl (C=O) groups is 1.